The Morgan fingerprint density at radius 3 is 2.28 bits per heavy atom. The fourth-order valence-corrected chi connectivity index (χ4v) is 2.34. The van der Waals surface area contributed by atoms with Crippen molar-refractivity contribution in [1.29, 1.82) is 0 Å². The van der Waals surface area contributed by atoms with Crippen molar-refractivity contribution in [3.8, 4) is 0 Å². The molecule has 0 aliphatic carbocycles. The lowest BCUT2D eigenvalue weighted by molar-refractivity contribution is -0.231. The van der Waals surface area contributed by atoms with Gasteiger partial charge in [0.2, 0.25) is 0 Å². The van der Waals surface area contributed by atoms with E-state index in [0.29, 0.717) is 0 Å². The fraction of sp³-hybridized carbons (Fsp3) is 1.00. The maximum atomic E-state index is 11.1. The van der Waals surface area contributed by atoms with Crippen LogP contribution in [0.15, 0.2) is 0 Å². The molecule has 0 radical (unpaired) electrons. The predicted octanol–water partition coefficient (Wildman–Crippen LogP) is -2.47. The summed E-state index contributed by atoms with van der Waals surface area (Å²) < 4.78 is 21.2. The Morgan fingerprint density at radius 1 is 1.22 bits per heavy atom. The van der Waals surface area contributed by atoms with E-state index in [1.807, 2.05) is 0 Å². The van der Waals surface area contributed by atoms with Crippen molar-refractivity contribution in [2.24, 2.45) is 0 Å². The van der Waals surface area contributed by atoms with Gasteiger partial charge in [0.1, 0.15) is 33.2 Å². The second-order valence-electron chi connectivity index (χ2n) is 4.18. The molecule has 18 heavy (non-hydrogen) atoms. The Kier molecular flexibility index (Phi) is 5.87. The molecule has 0 aromatic rings. The average molecular weight is 302 g/mol. The van der Waals surface area contributed by atoms with Crippen LogP contribution in [0.5, 0.6) is 0 Å². The highest BCUT2D eigenvalue weighted by Crippen LogP contribution is 2.23. The summed E-state index contributed by atoms with van der Waals surface area (Å²) in [7, 11) is -2.75. The molecule has 0 aromatic heterocycles. The zero-order valence-corrected chi connectivity index (χ0v) is 11.5. The zero-order valence-electron chi connectivity index (χ0n) is 9.84. The van der Waals surface area contributed by atoms with Crippen LogP contribution in [0.1, 0.15) is 6.42 Å². The van der Waals surface area contributed by atoms with E-state index in [0.717, 1.165) is 0 Å². The quantitative estimate of drug-likeness (QED) is 0.441. The first-order valence-electron chi connectivity index (χ1n) is 5.41. The Morgan fingerprint density at radius 2 is 1.78 bits per heavy atom. The third-order valence-corrected chi connectivity index (χ3v) is 3.57. The van der Waals surface area contributed by atoms with E-state index in [1.165, 1.54) is 6.26 Å². The molecule has 0 bridgehead atoms. The summed E-state index contributed by atoms with van der Waals surface area (Å²) in [6.45, 7) is -0.491. The highest BCUT2D eigenvalue weighted by atomic mass is 32.8. The smallest absolute Gasteiger partial charge is 0.141 e. The van der Waals surface area contributed by atoms with Crippen LogP contribution in [0.25, 0.3) is 0 Å². The Hall–Kier alpha value is 0.130. The molecule has 0 amide bonds. The summed E-state index contributed by atoms with van der Waals surface area (Å²) >= 11 is 4.54. The van der Waals surface area contributed by atoms with Crippen molar-refractivity contribution in [1.82, 2.24) is 0 Å². The molecule has 0 saturated carbocycles. The van der Waals surface area contributed by atoms with E-state index in [9.17, 15) is 19.5 Å². The number of hydrogen-bond donors (Lipinski definition) is 4. The Bertz CT molecular complexity index is 356. The standard InChI is InChI=1S/C9H18O7S2/c1-18(14,17)15-3-2-5-7(11)9(13)8(12)6(4-10)16-5/h5-13H,2-4H2,1H3/t5-,6-,7+,8-,9-,18?/m1/s1. The van der Waals surface area contributed by atoms with Crippen molar-refractivity contribution in [2.75, 3.05) is 19.5 Å². The first-order chi connectivity index (χ1) is 8.26. The zero-order chi connectivity index (χ0) is 13.9. The first kappa shape index (κ1) is 16.2. The molecule has 0 aromatic carbocycles. The summed E-state index contributed by atoms with van der Waals surface area (Å²) in [6, 6.07) is 0. The molecule has 108 valence electrons. The summed E-state index contributed by atoms with van der Waals surface area (Å²) in [5, 5.41) is 37.7. The molecular formula is C9H18O7S2. The van der Waals surface area contributed by atoms with Gasteiger partial charge in [0.05, 0.1) is 19.3 Å². The van der Waals surface area contributed by atoms with Gasteiger partial charge in [-0.05, 0) is 0 Å². The van der Waals surface area contributed by atoms with Crippen LogP contribution in [0.3, 0.4) is 0 Å². The lowest BCUT2D eigenvalue weighted by Gasteiger charge is -2.40. The largest absolute Gasteiger partial charge is 0.394 e. The van der Waals surface area contributed by atoms with E-state index in [4.69, 9.17) is 14.0 Å². The van der Waals surface area contributed by atoms with Crippen LogP contribution in [0.2, 0.25) is 0 Å². The molecule has 1 unspecified atom stereocenters. The predicted molar refractivity (Wildman–Crippen MR) is 65.8 cm³/mol. The molecule has 1 rings (SSSR count). The number of ether oxygens (including phenoxy) is 1. The monoisotopic (exact) mass is 302 g/mol. The van der Waals surface area contributed by atoms with E-state index >= 15 is 0 Å². The van der Waals surface area contributed by atoms with Gasteiger partial charge in [0, 0.05) is 23.9 Å². The van der Waals surface area contributed by atoms with Crippen LogP contribution in [-0.2, 0) is 28.9 Å². The van der Waals surface area contributed by atoms with E-state index in [-0.39, 0.29) is 13.0 Å². The second-order valence-corrected chi connectivity index (χ2v) is 7.64. The van der Waals surface area contributed by atoms with Crippen molar-refractivity contribution < 1.29 is 33.6 Å². The molecule has 9 heteroatoms. The van der Waals surface area contributed by atoms with Gasteiger partial charge in [-0.2, -0.15) is 0 Å². The van der Waals surface area contributed by atoms with Gasteiger partial charge in [-0.1, -0.05) is 0 Å². The van der Waals surface area contributed by atoms with Crippen LogP contribution >= 0.6 is 0 Å². The van der Waals surface area contributed by atoms with Gasteiger partial charge in [0.15, 0.2) is 0 Å². The lowest BCUT2D eigenvalue weighted by Crippen LogP contribution is -2.58. The molecule has 1 fully saturated rings. The summed E-state index contributed by atoms with van der Waals surface area (Å²) in [5.41, 5.74) is 0. The summed E-state index contributed by atoms with van der Waals surface area (Å²) in [4.78, 5) is 0. The van der Waals surface area contributed by atoms with Gasteiger partial charge < -0.3 is 25.2 Å². The minimum Gasteiger partial charge on any atom is -0.394 e. The van der Waals surface area contributed by atoms with Gasteiger partial charge >= 0.3 is 0 Å². The number of hydrogen-bond acceptors (Lipinski definition) is 8. The molecule has 1 saturated heterocycles. The average Bonchev–Trinajstić information content (AvgIpc) is 2.27. The van der Waals surface area contributed by atoms with E-state index < -0.39 is 45.9 Å². The van der Waals surface area contributed by atoms with Crippen molar-refractivity contribution >= 4 is 20.0 Å². The van der Waals surface area contributed by atoms with E-state index in [2.05, 4.69) is 11.2 Å². The molecule has 6 atom stereocenters. The van der Waals surface area contributed by atoms with Crippen LogP contribution < -0.4 is 0 Å². The van der Waals surface area contributed by atoms with Gasteiger partial charge in [-0.3, -0.25) is 4.18 Å². The fourth-order valence-electron chi connectivity index (χ4n) is 1.73. The van der Waals surface area contributed by atoms with E-state index in [1.54, 1.807) is 0 Å². The Labute approximate surface area is 110 Å². The second kappa shape index (κ2) is 6.53. The van der Waals surface area contributed by atoms with Crippen molar-refractivity contribution in [3.05, 3.63) is 0 Å². The minimum atomic E-state index is -2.75. The molecule has 1 aliphatic rings. The minimum absolute atomic E-state index is 0.0124. The van der Waals surface area contributed by atoms with Crippen LogP contribution in [0.4, 0.5) is 0 Å². The normalized spacial score (nSPS) is 40.4. The molecule has 1 heterocycles. The maximum absolute atomic E-state index is 11.1. The van der Waals surface area contributed by atoms with Gasteiger partial charge in [-0.15, -0.1) is 0 Å². The molecule has 0 spiro atoms. The van der Waals surface area contributed by atoms with Gasteiger partial charge in [0.25, 0.3) is 0 Å². The van der Waals surface area contributed by atoms with Crippen LogP contribution in [0, 0.1) is 0 Å². The van der Waals surface area contributed by atoms with Gasteiger partial charge in [-0.25, -0.2) is 4.21 Å². The summed E-state index contributed by atoms with van der Waals surface area (Å²) in [6.07, 6.45) is -4.45. The molecular weight excluding hydrogens is 284 g/mol. The highest BCUT2D eigenvalue weighted by molar-refractivity contribution is 8.29. The molecule has 7 nitrogen and oxygen atoms in total. The molecule has 4 N–H and O–H groups in total. The third kappa shape index (κ3) is 4.35. The topological polar surface area (TPSA) is 116 Å². The summed E-state index contributed by atoms with van der Waals surface area (Å²) in [5.74, 6) is 0. The SMILES string of the molecule is CS(=O)(=S)OCC[C@H]1O[C@H](CO)[C@@H](O)[C@H](O)[C@H]1O. The first-order valence-corrected chi connectivity index (χ1v) is 8.23. The lowest BCUT2D eigenvalue weighted by atomic mass is 9.94. The third-order valence-electron chi connectivity index (χ3n) is 2.69. The Balaban J connectivity index is 2.54. The molecule has 1 aliphatic heterocycles. The highest BCUT2D eigenvalue weighted by Gasteiger charge is 2.42. The number of aliphatic hydroxyl groups excluding tert-OH is 4. The van der Waals surface area contributed by atoms with Crippen LogP contribution in [-0.4, -0.2) is 74.6 Å². The van der Waals surface area contributed by atoms with Crippen molar-refractivity contribution in [3.63, 3.8) is 0 Å². The number of rotatable bonds is 5. The van der Waals surface area contributed by atoms with Crippen molar-refractivity contribution in [2.45, 2.75) is 36.9 Å². The maximum Gasteiger partial charge on any atom is 0.141 e. The number of aliphatic hydroxyl groups is 4.